The van der Waals surface area contributed by atoms with Crippen molar-refractivity contribution in [3.8, 4) is 0 Å². The average molecular weight is 407 g/mol. The van der Waals surface area contributed by atoms with E-state index in [2.05, 4.69) is 0 Å². The van der Waals surface area contributed by atoms with Crippen molar-refractivity contribution < 1.29 is 24.3 Å². The lowest BCUT2D eigenvalue weighted by Crippen LogP contribution is -2.50. The first-order valence-corrected chi connectivity index (χ1v) is 10.0. The maximum Gasteiger partial charge on any atom is 0.357 e. The second-order valence-corrected chi connectivity index (χ2v) is 9.15. The quantitative estimate of drug-likeness (QED) is 0.266. The molecule has 3 atom stereocenters. The fourth-order valence-electron chi connectivity index (χ4n) is 4.47. The second-order valence-electron chi connectivity index (χ2n) is 9.15. The van der Waals surface area contributed by atoms with Gasteiger partial charge in [0.15, 0.2) is 5.69 Å². The zero-order valence-electron chi connectivity index (χ0n) is 17.4. The maximum absolute atomic E-state index is 12.3. The Morgan fingerprint density at radius 3 is 2.69 bits per heavy atom. The van der Waals surface area contributed by atoms with E-state index in [4.69, 9.17) is 4.74 Å². The number of pyridine rings is 1. The van der Waals surface area contributed by atoms with E-state index in [1.54, 1.807) is 20.8 Å². The third-order valence-corrected chi connectivity index (χ3v) is 5.61. The summed E-state index contributed by atoms with van der Waals surface area (Å²) < 4.78 is 6.01. The van der Waals surface area contributed by atoms with Crippen molar-refractivity contribution >= 4 is 17.3 Å². The molecule has 0 radical (unpaired) electrons. The molecule has 1 N–H and O–H groups in total. The smallest absolute Gasteiger partial charge is 0.357 e. The summed E-state index contributed by atoms with van der Waals surface area (Å²) in [6.07, 6.45) is 2.34. The van der Waals surface area contributed by atoms with Crippen molar-refractivity contribution in [2.45, 2.75) is 65.1 Å². The SMILES string of the molecule is C[C@H]1CN(c2c([N+](=O)[O-])c[n+]([O-])c3c2CCC3)C[C@@H](CC(=O)OC(C)(C)C)[C@@H]1O. The Morgan fingerprint density at radius 2 is 2.07 bits per heavy atom. The molecule has 0 bridgehead atoms. The van der Waals surface area contributed by atoms with Gasteiger partial charge in [-0.15, -0.1) is 0 Å². The number of esters is 1. The Labute approximate surface area is 170 Å². The van der Waals surface area contributed by atoms with Gasteiger partial charge in [0, 0.05) is 25.4 Å². The summed E-state index contributed by atoms with van der Waals surface area (Å²) in [5.41, 5.74) is 0.910. The fourth-order valence-corrected chi connectivity index (χ4v) is 4.47. The molecule has 3 rings (SSSR count). The molecule has 2 aliphatic rings. The predicted molar refractivity (Wildman–Crippen MR) is 105 cm³/mol. The normalized spacial score (nSPS) is 24.3. The maximum atomic E-state index is 12.3. The number of rotatable bonds is 4. The first-order valence-electron chi connectivity index (χ1n) is 10.0. The molecule has 9 heteroatoms. The third kappa shape index (κ3) is 4.44. The van der Waals surface area contributed by atoms with Crippen LogP contribution in [0.4, 0.5) is 11.4 Å². The van der Waals surface area contributed by atoms with Crippen LogP contribution in [0.5, 0.6) is 0 Å². The fraction of sp³-hybridized carbons (Fsp3) is 0.700. The molecule has 1 aromatic rings. The van der Waals surface area contributed by atoms with Crippen molar-refractivity contribution in [2.75, 3.05) is 18.0 Å². The van der Waals surface area contributed by atoms with Gasteiger partial charge in [0.2, 0.25) is 0 Å². The minimum atomic E-state index is -0.709. The summed E-state index contributed by atoms with van der Waals surface area (Å²) in [6.45, 7) is 7.93. The summed E-state index contributed by atoms with van der Waals surface area (Å²) in [5, 5.41) is 34.5. The number of ether oxygens (including phenoxy) is 1. The molecule has 1 aromatic heterocycles. The number of nitrogens with zero attached hydrogens (tertiary/aromatic N) is 3. The van der Waals surface area contributed by atoms with Gasteiger partial charge in [-0.2, -0.15) is 4.73 Å². The monoisotopic (exact) mass is 407 g/mol. The molecule has 0 amide bonds. The van der Waals surface area contributed by atoms with E-state index in [0.29, 0.717) is 47.6 Å². The molecule has 160 valence electrons. The lowest BCUT2D eigenvalue weighted by atomic mass is 9.84. The van der Waals surface area contributed by atoms with Crippen LogP contribution in [-0.2, 0) is 22.4 Å². The third-order valence-electron chi connectivity index (χ3n) is 5.61. The lowest BCUT2D eigenvalue weighted by molar-refractivity contribution is -0.617. The second kappa shape index (κ2) is 7.78. The summed E-state index contributed by atoms with van der Waals surface area (Å²) in [7, 11) is 0. The van der Waals surface area contributed by atoms with Crippen LogP contribution in [0.1, 0.15) is 51.8 Å². The van der Waals surface area contributed by atoms with Crippen molar-refractivity contribution in [3.63, 3.8) is 0 Å². The van der Waals surface area contributed by atoms with Gasteiger partial charge in [-0.05, 0) is 39.5 Å². The van der Waals surface area contributed by atoms with Crippen molar-refractivity contribution in [1.82, 2.24) is 0 Å². The summed E-state index contributed by atoms with van der Waals surface area (Å²) >= 11 is 0. The number of fused-ring (bicyclic) bond motifs is 1. The molecule has 1 saturated heterocycles. The van der Waals surface area contributed by atoms with Crippen LogP contribution < -0.4 is 9.63 Å². The Kier molecular flexibility index (Phi) is 5.71. The molecular weight excluding hydrogens is 378 g/mol. The molecule has 0 spiro atoms. The Hall–Kier alpha value is -2.42. The van der Waals surface area contributed by atoms with E-state index in [-0.39, 0.29) is 18.0 Å². The topological polar surface area (TPSA) is 120 Å². The van der Waals surface area contributed by atoms with Crippen LogP contribution in [0.15, 0.2) is 6.20 Å². The zero-order valence-corrected chi connectivity index (χ0v) is 17.4. The molecule has 0 aromatic carbocycles. The van der Waals surface area contributed by atoms with Crippen LogP contribution in [0.25, 0.3) is 0 Å². The highest BCUT2D eigenvalue weighted by Gasteiger charge is 2.41. The minimum Gasteiger partial charge on any atom is -0.618 e. The van der Waals surface area contributed by atoms with Crippen molar-refractivity contribution in [3.05, 3.63) is 32.8 Å². The van der Waals surface area contributed by atoms with E-state index < -0.39 is 28.5 Å². The van der Waals surface area contributed by atoms with Gasteiger partial charge in [-0.25, -0.2) is 0 Å². The molecule has 2 heterocycles. The highest BCUT2D eigenvalue weighted by Crippen LogP contribution is 2.40. The lowest BCUT2D eigenvalue weighted by Gasteiger charge is -2.41. The molecule has 0 unspecified atom stereocenters. The van der Waals surface area contributed by atoms with Gasteiger partial charge in [0.05, 0.1) is 23.0 Å². The largest absolute Gasteiger partial charge is 0.618 e. The number of aliphatic hydroxyl groups is 1. The van der Waals surface area contributed by atoms with E-state index in [0.717, 1.165) is 12.6 Å². The first-order chi connectivity index (χ1) is 13.5. The highest BCUT2D eigenvalue weighted by molar-refractivity contribution is 5.71. The van der Waals surface area contributed by atoms with Crippen LogP contribution in [-0.4, -0.2) is 40.8 Å². The van der Waals surface area contributed by atoms with Gasteiger partial charge >= 0.3 is 11.7 Å². The molecule has 29 heavy (non-hydrogen) atoms. The number of hydrogen-bond donors (Lipinski definition) is 1. The molecule has 0 saturated carbocycles. The Bertz CT molecular complexity index is 819. The number of piperidine rings is 1. The van der Waals surface area contributed by atoms with Crippen LogP contribution in [0.3, 0.4) is 0 Å². The van der Waals surface area contributed by atoms with E-state index >= 15 is 0 Å². The number of carbonyl (C=O) groups is 1. The molecule has 1 aliphatic carbocycles. The molecule has 1 fully saturated rings. The number of aromatic nitrogens is 1. The standard InChI is InChI=1S/C20H29N3O6/c1-12-9-21(10-13(19(12)25)8-17(24)29-20(2,3)4)18-14-6-5-7-15(14)22(26)11-16(18)23(27)28/h11-13,19,25H,5-10H2,1-4H3/t12-,13+,19+/m0/s1. The van der Waals surface area contributed by atoms with Crippen LogP contribution in [0, 0.1) is 27.2 Å². The van der Waals surface area contributed by atoms with Crippen molar-refractivity contribution in [2.24, 2.45) is 11.8 Å². The predicted octanol–water partition coefficient (Wildman–Crippen LogP) is 1.88. The number of anilines is 1. The Balaban J connectivity index is 1.92. The summed E-state index contributed by atoms with van der Waals surface area (Å²) in [6, 6.07) is 0. The van der Waals surface area contributed by atoms with Crippen molar-refractivity contribution in [1.29, 1.82) is 0 Å². The minimum absolute atomic E-state index is 0.0314. The van der Waals surface area contributed by atoms with E-state index in [1.807, 2.05) is 11.8 Å². The van der Waals surface area contributed by atoms with Gasteiger partial charge in [-0.1, -0.05) is 6.92 Å². The van der Waals surface area contributed by atoms with Gasteiger partial charge in [0.1, 0.15) is 11.3 Å². The zero-order chi connectivity index (χ0) is 21.5. The highest BCUT2D eigenvalue weighted by atomic mass is 16.6. The molecule has 9 nitrogen and oxygen atoms in total. The molecular formula is C20H29N3O6. The number of aliphatic hydroxyl groups excluding tert-OH is 1. The Morgan fingerprint density at radius 1 is 1.38 bits per heavy atom. The summed E-state index contributed by atoms with van der Waals surface area (Å²) in [4.78, 5) is 25.3. The number of nitro groups is 1. The van der Waals surface area contributed by atoms with Gasteiger partial charge in [-0.3, -0.25) is 14.9 Å². The first kappa shape index (κ1) is 21.3. The van der Waals surface area contributed by atoms with E-state index in [9.17, 15) is 25.2 Å². The van der Waals surface area contributed by atoms with Gasteiger partial charge in [0.25, 0.3) is 6.20 Å². The number of carbonyl (C=O) groups excluding carboxylic acids is 1. The van der Waals surface area contributed by atoms with Crippen LogP contribution in [0.2, 0.25) is 0 Å². The van der Waals surface area contributed by atoms with Gasteiger partial charge < -0.3 is 20.0 Å². The van der Waals surface area contributed by atoms with E-state index in [1.165, 1.54) is 0 Å². The molecule has 1 aliphatic heterocycles. The summed E-state index contributed by atoms with van der Waals surface area (Å²) in [5.74, 6) is -1.00. The van der Waals surface area contributed by atoms with Crippen LogP contribution >= 0.6 is 0 Å². The number of hydrogen-bond acceptors (Lipinski definition) is 7. The average Bonchev–Trinajstić information content (AvgIpc) is 3.07.